The molecule has 1 saturated carbocycles. The first kappa shape index (κ1) is 21.3. The Morgan fingerprint density at radius 1 is 1.33 bits per heavy atom. The van der Waals surface area contributed by atoms with Crippen molar-refractivity contribution in [3.8, 4) is 6.07 Å². The SMILES string of the molecule is C[C@H](OC(=O)CN1C(=O)N[C@@]2(CCCC[C@@H]2C)C1=O)C(=O)Nc1ccc(C#N)cc1. The van der Waals surface area contributed by atoms with Gasteiger partial charge in [0.2, 0.25) is 0 Å². The number of hydrogen-bond donors (Lipinski definition) is 2. The highest BCUT2D eigenvalue weighted by molar-refractivity contribution is 6.09. The molecule has 1 aromatic rings. The van der Waals surface area contributed by atoms with Gasteiger partial charge in [-0.2, -0.15) is 5.26 Å². The number of ether oxygens (including phenoxy) is 1. The molecule has 1 aromatic carbocycles. The van der Waals surface area contributed by atoms with Gasteiger partial charge < -0.3 is 15.4 Å². The van der Waals surface area contributed by atoms with E-state index in [1.54, 1.807) is 24.3 Å². The fourth-order valence-electron chi connectivity index (χ4n) is 3.93. The van der Waals surface area contributed by atoms with Crippen molar-refractivity contribution in [1.29, 1.82) is 5.26 Å². The van der Waals surface area contributed by atoms with Crippen LogP contribution in [0, 0.1) is 17.2 Å². The van der Waals surface area contributed by atoms with E-state index in [4.69, 9.17) is 10.00 Å². The number of urea groups is 1. The number of amides is 4. The fourth-order valence-corrected chi connectivity index (χ4v) is 3.93. The summed E-state index contributed by atoms with van der Waals surface area (Å²) in [5.41, 5.74) is -0.0518. The van der Waals surface area contributed by atoms with Crippen LogP contribution in [0.2, 0.25) is 0 Å². The summed E-state index contributed by atoms with van der Waals surface area (Å²) in [6, 6.07) is 7.58. The molecule has 2 N–H and O–H groups in total. The van der Waals surface area contributed by atoms with Crippen LogP contribution in [0.4, 0.5) is 10.5 Å². The number of benzene rings is 1. The fraction of sp³-hybridized carbons (Fsp3) is 0.476. The van der Waals surface area contributed by atoms with E-state index in [-0.39, 0.29) is 5.92 Å². The Morgan fingerprint density at radius 3 is 2.67 bits per heavy atom. The number of esters is 1. The van der Waals surface area contributed by atoms with Crippen LogP contribution in [0.5, 0.6) is 0 Å². The normalized spacial score (nSPS) is 24.2. The molecule has 0 bridgehead atoms. The van der Waals surface area contributed by atoms with Crippen LogP contribution < -0.4 is 10.6 Å². The number of rotatable bonds is 5. The molecule has 0 radical (unpaired) electrons. The van der Waals surface area contributed by atoms with Gasteiger partial charge in [0.05, 0.1) is 11.6 Å². The maximum Gasteiger partial charge on any atom is 0.327 e. The topological polar surface area (TPSA) is 129 Å². The Labute approximate surface area is 174 Å². The number of nitrogens with zero attached hydrogens (tertiary/aromatic N) is 2. The van der Waals surface area contributed by atoms with Gasteiger partial charge in [-0.05, 0) is 49.9 Å². The molecule has 1 spiro atoms. The Hall–Kier alpha value is -3.41. The van der Waals surface area contributed by atoms with Gasteiger partial charge in [-0.25, -0.2) is 4.79 Å². The molecule has 9 heteroatoms. The molecule has 1 aliphatic heterocycles. The lowest BCUT2D eigenvalue weighted by atomic mass is 9.73. The predicted molar refractivity (Wildman–Crippen MR) is 106 cm³/mol. The van der Waals surface area contributed by atoms with Gasteiger partial charge in [-0.1, -0.05) is 19.8 Å². The third-order valence-corrected chi connectivity index (χ3v) is 5.75. The van der Waals surface area contributed by atoms with E-state index >= 15 is 0 Å². The second-order valence-electron chi connectivity index (χ2n) is 7.75. The first-order chi connectivity index (χ1) is 14.3. The molecular weight excluding hydrogens is 388 g/mol. The molecule has 0 aromatic heterocycles. The molecule has 2 aliphatic rings. The highest BCUT2D eigenvalue weighted by Gasteiger charge is 2.55. The molecule has 1 heterocycles. The van der Waals surface area contributed by atoms with E-state index < -0.39 is 42.0 Å². The van der Waals surface area contributed by atoms with Gasteiger partial charge in [-0.15, -0.1) is 0 Å². The molecular formula is C21H24N4O5. The summed E-state index contributed by atoms with van der Waals surface area (Å²) >= 11 is 0. The zero-order valence-electron chi connectivity index (χ0n) is 16.9. The second kappa shape index (κ2) is 8.53. The predicted octanol–water partition coefficient (Wildman–Crippen LogP) is 1.93. The van der Waals surface area contributed by atoms with Crippen molar-refractivity contribution < 1.29 is 23.9 Å². The highest BCUT2D eigenvalue weighted by Crippen LogP contribution is 2.38. The van der Waals surface area contributed by atoms with Crippen LogP contribution >= 0.6 is 0 Å². The molecule has 158 valence electrons. The maximum absolute atomic E-state index is 12.9. The monoisotopic (exact) mass is 412 g/mol. The van der Waals surface area contributed by atoms with Gasteiger partial charge in [0.15, 0.2) is 6.10 Å². The van der Waals surface area contributed by atoms with Crippen molar-refractivity contribution in [2.75, 3.05) is 11.9 Å². The van der Waals surface area contributed by atoms with E-state index in [1.165, 1.54) is 6.92 Å². The van der Waals surface area contributed by atoms with Crippen molar-refractivity contribution in [1.82, 2.24) is 10.2 Å². The van der Waals surface area contributed by atoms with Gasteiger partial charge in [0, 0.05) is 5.69 Å². The van der Waals surface area contributed by atoms with Crippen molar-refractivity contribution in [3.05, 3.63) is 29.8 Å². The Balaban J connectivity index is 1.56. The van der Waals surface area contributed by atoms with Gasteiger partial charge in [0.25, 0.3) is 11.8 Å². The minimum atomic E-state index is -1.13. The maximum atomic E-state index is 12.9. The summed E-state index contributed by atoms with van der Waals surface area (Å²) in [5, 5.41) is 14.1. The van der Waals surface area contributed by atoms with E-state index in [0.717, 1.165) is 24.2 Å². The summed E-state index contributed by atoms with van der Waals surface area (Å²) in [7, 11) is 0. The van der Waals surface area contributed by atoms with Crippen molar-refractivity contribution in [2.24, 2.45) is 5.92 Å². The quantitative estimate of drug-likeness (QED) is 0.562. The molecule has 1 aliphatic carbocycles. The summed E-state index contributed by atoms with van der Waals surface area (Å²) in [5.74, 6) is -1.84. The van der Waals surface area contributed by atoms with Crippen LogP contribution in [-0.2, 0) is 19.1 Å². The average Bonchev–Trinajstić information content (AvgIpc) is 2.95. The minimum Gasteiger partial charge on any atom is -0.451 e. The summed E-state index contributed by atoms with van der Waals surface area (Å²) in [6.07, 6.45) is 2.09. The van der Waals surface area contributed by atoms with E-state index in [1.807, 2.05) is 13.0 Å². The van der Waals surface area contributed by atoms with Crippen LogP contribution in [0.3, 0.4) is 0 Å². The smallest absolute Gasteiger partial charge is 0.327 e. The molecule has 3 rings (SSSR count). The lowest BCUT2D eigenvalue weighted by Crippen LogP contribution is -2.54. The zero-order chi connectivity index (χ0) is 21.9. The first-order valence-electron chi connectivity index (χ1n) is 9.91. The number of imide groups is 1. The Kier molecular flexibility index (Phi) is 6.06. The van der Waals surface area contributed by atoms with Gasteiger partial charge in [-0.3, -0.25) is 19.3 Å². The lowest BCUT2D eigenvalue weighted by molar-refractivity contribution is -0.155. The number of nitrogens with one attached hydrogen (secondary N) is 2. The molecule has 3 atom stereocenters. The number of anilines is 1. The molecule has 2 fully saturated rings. The number of carbonyl (C=O) groups excluding carboxylic acids is 4. The summed E-state index contributed by atoms with van der Waals surface area (Å²) in [6.45, 7) is 2.77. The molecule has 9 nitrogen and oxygen atoms in total. The molecule has 1 saturated heterocycles. The zero-order valence-corrected chi connectivity index (χ0v) is 16.9. The van der Waals surface area contributed by atoms with Gasteiger partial charge in [0.1, 0.15) is 12.1 Å². The lowest BCUT2D eigenvalue weighted by Gasteiger charge is -2.36. The minimum absolute atomic E-state index is 0.0131. The van der Waals surface area contributed by atoms with E-state index in [2.05, 4.69) is 10.6 Å². The highest BCUT2D eigenvalue weighted by atomic mass is 16.5. The first-order valence-corrected chi connectivity index (χ1v) is 9.91. The van der Waals surface area contributed by atoms with E-state index in [9.17, 15) is 19.2 Å². The standard InChI is InChI=1S/C21H24N4O5/c1-13-5-3-4-10-21(13)19(28)25(20(29)24-21)12-17(26)30-14(2)18(27)23-16-8-6-15(11-22)7-9-16/h6-9,13-14H,3-5,10,12H2,1-2H3,(H,23,27)(H,24,29)/t13-,14-,21+/m0/s1. The molecule has 4 amide bonds. The molecule has 0 unspecified atom stereocenters. The Bertz CT molecular complexity index is 907. The number of nitriles is 1. The number of hydrogen-bond acceptors (Lipinski definition) is 6. The van der Waals surface area contributed by atoms with E-state index in [0.29, 0.717) is 17.7 Å². The third-order valence-electron chi connectivity index (χ3n) is 5.75. The van der Waals surface area contributed by atoms with Crippen molar-refractivity contribution in [2.45, 2.75) is 51.2 Å². The van der Waals surface area contributed by atoms with Crippen LogP contribution in [0.1, 0.15) is 45.1 Å². The largest absolute Gasteiger partial charge is 0.451 e. The van der Waals surface area contributed by atoms with Crippen LogP contribution in [0.25, 0.3) is 0 Å². The van der Waals surface area contributed by atoms with Crippen LogP contribution in [0.15, 0.2) is 24.3 Å². The van der Waals surface area contributed by atoms with Crippen molar-refractivity contribution >= 4 is 29.5 Å². The van der Waals surface area contributed by atoms with Crippen LogP contribution in [-0.4, -0.2) is 46.9 Å². The number of carbonyl (C=O) groups is 4. The second-order valence-corrected chi connectivity index (χ2v) is 7.75. The van der Waals surface area contributed by atoms with Crippen molar-refractivity contribution in [3.63, 3.8) is 0 Å². The van der Waals surface area contributed by atoms with Gasteiger partial charge >= 0.3 is 12.0 Å². The molecule has 30 heavy (non-hydrogen) atoms. The Morgan fingerprint density at radius 2 is 2.03 bits per heavy atom. The summed E-state index contributed by atoms with van der Waals surface area (Å²) < 4.78 is 5.11. The summed E-state index contributed by atoms with van der Waals surface area (Å²) in [4.78, 5) is 50.6. The third kappa shape index (κ3) is 4.13. The average molecular weight is 412 g/mol.